The zero-order valence-electron chi connectivity index (χ0n) is 18.6. The molecule has 0 amide bonds. The number of H-pyrrole nitrogens is 1. The van der Waals surface area contributed by atoms with Crippen LogP contribution in [0.25, 0.3) is 11.3 Å². The van der Waals surface area contributed by atoms with Crippen LogP contribution in [0.4, 0.5) is 0 Å². The van der Waals surface area contributed by atoms with Crippen molar-refractivity contribution in [1.29, 1.82) is 0 Å². The summed E-state index contributed by atoms with van der Waals surface area (Å²) in [5.74, 6) is 2.90. The van der Waals surface area contributed by atoms with E-state index < -0.39 is 0 Å². The molecule has 1 saturated heterocycles. The number of ether oxygens (including phenoxy) is 3. The van der Waals surface area contributed by atoms with Crippen molar-refractivity contribution in [2.75, 3.05) is 34.4 Å². The fourth-order valence-corrected chi connectivity index (χ4v) is 4.19. The quantitative estimate of drug-likeness (QED) is 0.608. The lowest BCUT2D eigenvalue weighted by Crippen LogP contribution is -2.33. The highest BCUT2D eigenvalue weighted by Gasteiger charge is 2.24. The molecule has 0 atom stereocenters. The van der Waals surface area contributed by atoms with Crippen molar-refractivity contribution in [3.8, 4) is 28.5 Å². The van der Waals surface area contributed by atoms with Gasteiger partial charge in [-0.05, 0) is 55.8 Å². The number of aromatic nitrogens is 3. The van der Waals surface area contributed by atoms with Crippen molar-refractivity contribution in [3.63, 3.8) is 0 Å². The molecule has 168 valence electrons. The van der Waals surface area contributed by atoms with Crippen LogP contribution in [-0.2, 0) is 6.54 Å². The van der Waals surface area contributed by atoms with Crippen molar-refractivity contribution < 1.29 is 14.2 Å². The van der Waals surface area contributed by atoms with E-state index in [1.807, 2.05) is 24.3 Å². The molecular formula is C24H28N4O4. The van der Waals surface area contributed by atoms with Gasteiger partial charge in [0, 0.05) is 36.5 Å². The number of methoxy groups -OCH3 is 3. The van der Waals surface area contributed by atoms with E-state index in [-0.39, 0.29) is 11.5 Å². The lowest BCUT2D eigenvalue weighted by molar-refractivity contribution is 0.201. The fraction of sp³-hybridized carbons (Fsp3) is 0.375. The second-order valence-corrected chi connectivity index (χ2v) is 7.84. The predicted molar refractivity (Wildman–Crippen MR) is 121 cm³/mol. The maximum atomic E-state index is 12.3. The van der Waals surface area contributed by atoms with Gasteiger partial charge in [0.2, 0.25) is 5.75 Å². The summed E-state index contributed by atoms with van der Waals surface area (Å²) in [6.45, 7) is 2.60. The average molecular weight is 437 g/mol. The van der Waals surface area contributed by atoms with Crippen molar-refractivity contribution >= 4 is 0 Å². The second kappa shape index (κ2) is 9.82. The summed E-state index contributed by atoms with van der Waals surface area (Å²) in [6.07, 6.45) is 5.26. The van der Waals surface area contributed by atoms with Crippen LogP contribution in [0, 0.1) is 0 Å². The highest BCUT2D eigenvalue weighted by molar-refractivity contribution is 5.57. The third-order valence-corrected chi connectivity index (χ3v) is 5.84. The minimum atomic E-state index is -0.123. The number of pyridine rings is 1. The molecule has 2 aromatic heterocycles. The summed E-state index contributed by atoms with van der Waals surface area (Å²) in [6, 6.07) is 9.25. The molecule has 3 heterocycles. The molecule has 32 heavy (non-hydrogen) atoms. The Bertz CT molecular complexity index is 1080. The molecular weight excluding hydrogens is 408 g/mol. The van der Waals surface area contributed by atoms with Crippen LogP contribution in [0.3, 0.4) is 0 Å². The van der Waals surface area contributed by atoms with E-state index in [0.717, 1.165) is 49.4 Å². The lowest BCUT2D eigenvalue weighted by Gasteiger charge is -2.31. The van der Waals surface area contributed by atoms with E-state index in [0.29, 0.717) is 22.9 Å². The Kier molecular flexibility index (Phi) is 6.70. The zero-order valence-corrected chi connectivity index (χ0v) is 18.6. The first-order chi connectivity index (χ1) is 15.6. The molecule has 8 heteroatoms. The summed E-state index contributed by atoms with van der Waals surface area (Å²) in [7, 11) is 4.85. The minimum absolute atomic E-state index is 0.123. The van der Waals surface area contributed by atoms with E-state index in [4.69, 9.17) is 19.2 Å². The minimum Gasteiger partial charge on any atom is -0.493 e. The lowest BCUT2D eigenvalue weighted by atomic mass is 9.95. The Labute approximate surface area is 187 Å². The standard InChI is InChI=1S/C24H28N4O4/c1-30-20-12-16(13-21(31-2)23(20)32-3)15-28-10-6-18(7-11-28)24-26-19(14-22(29)27-24)17-4-8-25-9-5-17/h4-5,8-9,12-14,18H,6-7,10-11,15H2,1-3H3,(H,26,27,29). The predicted octanol–water partition coefficient (Wildman–Crippen LogP) is 3.24. The van der Waals surface area contributed by atoms with Gasteiger partial charge >= 0.3 is 0 Å². The van der Waals surface area contributed by atoms with Crippen LogP contribution in [0.5, 0.6) is 17.2 Å². The number of hydrogen-bond acceptors (Lipinski definition) is 7. The van der Waals surface area contributed by atoms with E-state index in [2.05, 4.69) is 14.9 Å². The number of piperidine rings is 1. The van der Waals surface area contributed by atoms with Gasteiger partial charge in [-0.1, -0.05) is 0 Å². The average Bonchev–Trinajstić information content (AvgIpc) is 2.84. The summed E-state index contributed by atoms with van der Waals surface area (Å²) in [5, 5.41) is 0. The summed E-state index contributed by atoms with van der Waals surface area (Å²) in [5.41, 5.74) is 2.56. The largest absolute Gasteiger partial charge is 0.493 e. The molecule has 8 nitrogen and oxygen atoms in total. The van der Waals surface area contributed by atoms with Gasteiger partial charge in [0.25, 0.3) is 5.56 Å². The molecule has 4 rings (SSSR count). The van der Waals surface area contributed by atoms with E-state index in [9.17, 15) is 4.79 Å². The highest BCUT2D eigenvalue weighted by atomic mass is 16.5. The molecule has 0 spiro atoms. The third-order valence-electron chi connectivity index (χ3n) is 5.84. The zero-order chi connectivity index (χ0) is 22.5. The number of aromatic amines is 1. The molecule has 0 unspecified atom stereocenters. The first-order valence-electron chi connectivity index (χ1n) is 10.6. The number of likely N-dealkylation sites (tertiary alicyclic amines) is 1. The van der Waals surface area contributed by atoms with Gasteiger partial charge in [-0.2, -0.15) is 0 Å². The van der Waals surface area contributed by atoms with Gasteiger partial charge < -0.3 is 19.2 Å². The van der Waals surface area contributed by atoms with Crippen molar-refractivity contribution in [3.05, 3.63) is 64.5 Å². The van der Waals surface area contributed by atoms with Crippen molar-refractivity contribution in [1.82, 2.24) is 19.9 Å². The fourth-order valence-electron chi connectivity index (χ4n) is 4.19. The van der Waals surface area contributed by atoms with E-state index in [1.165, 1.54) is 0 Å². The van der Waals surface area contributed by atoms with Gasteiger partial charge in [0.1, 0.15) is 5.82 Å². The molecule has 1 aromatic carbocycles. The van der Waals surface area contributed by atoms with Gasteiger partial charge in [0.15, 0.2) is 11.5 Å². The summed E-state index contributed by atoms with van der Waals surface area (Å²) < 4.78 is 16.4. The first kappa shape index (κ1) is 21.8. The first-order valence-corrected chi connectivity index (χ1v) is 10.6. The van der Waals surface area contributed by atoms with Crippen LogP contribution in [0.2, 0.25) is 0 Å². The molecule has 0 aliphatic carbocycles. The van der Waals surface area contributed by atoms with Crippen molar-refractivity contribution in [2.24, 2.45) is 0 Å². The maximum Gasteiger partial charge on any atom is 0.251 e. The number of rotatable bonds is 7. The topological polar surface area (TPSA) is 89.6 Å². The van der Waals surface area contributed by atoms with Gasteiger partial charge in [-0.3, -0.25) is 14.7 Å². The Balaban J connectivity index is 1.45. The third kappa shape index (κ3) is 4.75. The molecule has 0 saturated carbocycles. The number of nitrogens with one attached hydrogen (secondary N) is 1. The van der Waals surface area contributed by atoms with Crippen molar-refractivity contribution in [2.45, 2.75) is 25.3 Å². The SMILES string of the molecule is COc1cc(CN2CCC(c3nc(-c4ccncc4)cc(=O)[nH]3)CC2)cc(OC)c1OC. The van der Waals surface area contributed by atoms with Gasteiger partial charge in [0.05, 0.1) is 27.0 Å². The number of hydrogen-bond donors (Lipinski definition) is 1. The van der Waals surface area contributed by atoms with Gasteiger partial charge in [-0.25, -0.2) is 4.98 Å². The maximum absolute atomic E-state index is 12.3. The Morgan fingerprint density at radius 3 is 2.25 bits per heavy atom. The second-order valence-electron chi connectivity index (χ2n) is 7.84. The highest BCUT2D eigenvalue weighted by Crippen LogP contribution is 2.38. The van der Waals surface area contributed by atoms with Crippen LogP contribution in [0.1, 0.15) is 30.1 Å². The Hall–Kier alpha value is -3.39. The van der Waals surface area contributed by atoms with Crippen LogP contribution in [0.15, 0.2) is 47.5 Å². The molecule has 1 N–H and O–H groups in total. The molecule has 0 radical (unpaired) electrons. The monoisotopic (exact) mass is 436 g/mol. The molecule has 1 aliphatic heterocycles. The summed E-state index contributed by atoms with van der Waals surface area (Å²) in [4.78, 5) is 26.4. The molecule has 3 aromatic rings. The normalized spacial score (nSPS) is 14.8. The molecule has 0 bridgehead atoms. The Morgan fingerprint density at radius 1 is 1.00 bits per heavy atom. The number of nitrogens with zero attached hydrogens (tertiary/aromatic N) is 3. The molecule has 1 fully saturated rings. The van der Waals surface area contributed by atoms with E-state index >= 15 is 0 Å². The Morgan fingerprint density at radius 2 is 1.66 bits per heavy atom. The van der Waals surface area contributed by atoms with Gasteiger partial charge in [-0.15, -0.1) is 0 Å². The van der Waals surface area contributed by atoms with Crippen LogP contribution >= 0.6 is 0 Å². The molecule has 1 aliphatic rings. The van der Waals surface area contributed by atoms with Crippen LogP contribution in [-0.4, -0.2) is 54.3 Å². The number of benzene rings is 1. The van der Waals surface area contributed by atoms with Crippen LogP contribution < -0.4 is 19.8 Å². The summed E-state index contributed by atoms with van der Waals surface area (Å²) >= 11 is 0. The smallest absolute Gasteiger partial charge is 0.251 e. The van der Waals surface area contributed by atoms with E-state index in [1.54, 1.807) is 39.8 Å².